The number of amides is 2. The van der Waals surface area contributed by atoms with Crippen LogP contribution in [0.15, 0.2) is 59.1 Å². The number of benzene rings is 3. The maximum atomic E-state index is 14.5. The number of nitrogen functional groups attached to an aromatic ring is 1. The lowest BCUT2D eigenvalue weighted by atomic mass is 10.0. The summed E-state index contributed by atoms with van der Waals surface area (Å²) in [6.45, 7) is 0.128. The second kappa shape index (κ2) is 8.56. The first-order valence-corrected chi connectivity index (χ1v) is 9.71. The van der Waals surface area contributed by atoms with Gasteiger partial charge in [-0.2, -0.15) is 0 Å². The van der Waals surface area contributed by atoms with Crippen LogP contribution in [-0.2, 0) is 6.54 Å². The van der Waals surface area contributed by atoms with Crippen LogP contribution in [0, 0.1) is 5.82 Å². The summed E-state index contributed by atoms with van der Waals surface area (Å²) in [6, 6.07) is 11.7. The predicted octanol–water partition coefficient (Wildman–Crippen LogP) is 4.79. The zero-order valence-corrected chi connectivity index (χ0v) is 17.3. The van der Waals surface area contributed by atoms with Gasteiger partial charge in [0.25, 0.3) is 0 Å². The first-order chi connectivity index (χ1) is 16.1. The van der Waals surface area contributed by atoms with Crippen molar-refractivity contribution in [2.24, 2.45) is 11.5 Å². The molecule has 1 heterocycles. The Balaban J connectivity index is 1.76. The van der Waals surface area contributed by atoms with Crippen LogP contribution < -0.4 is 26.8 Å². The van der Waals surface area contributed by atoms with Gasteiger partial charge < -0.3 is 26.5 Å². The molecule has 34 heavy (non-hydrogen) atoms. The van der Waals surface area contributed by atoms with Crippen LogP contribution in [0.4, 0.5) is 39.5 Å². The van der Waals surface area contributed by atoms with Crippen molar-refractivity contribution in [3.05, 3.63) is 66.0 Å². The molecule has 0 aliphatic heterocycles. The van der Waals surface area contributed by atoms with Crippen LogP contribution in [0.2, 0.25) is 0 Å². The summed E-state index contributed by atoms with van der Waals surface area (Å²) in [6.07, 6.45) is -4.94. The lowest BCUT2D eigenvalue weighted by molar-refractivity contribution is -0.274. The number of nitrogens with two attached hydrogens (primary N) is 3. The van der Waals surface area contributed by atoms with Crippen LogP contribution in [0.25, 0.3) is 22.1 Å². The number of nitrogens with zero attached hydrogens (tertiary/aromatic N) is 2. The second-order valence-electron chi connectivity index (χ2n) is 7.14. The number of carbonyl (C=O) groups excluding carboxylic acids is 1. The normalized spacial score (nSPS) is 11.6. The minimum Gasteiger partial charge on any atom is -0.402 e. The van der Waals surface area contributed by atoms with E-state index in [2.05, 4.69) is 9.89 Å². The molecule has 0 spiro atoms. The van der Waals surface area contributed by atoms with Crippen LogP contribution in [-0.4, -0.2) is 17.6 Å². The molecule has 0 aliphatic rings. The molecule has 0 unspecified atom stereocenters. The molecule has 0 fully saturated rings. The van der Waals surface area contributed by atoms with Crippen molar-refractivity contribution in [3.63, 3.8) is 0 Å². The molecular formula is C22H17F4N5O3. The molecule has 0 saturated heterocycles. The average Bonchev–Trinajstić information content (AvgIpc) is 3.17. The molecule has 0 radical (unpaired) electrons. The summed E-state index contributed by atoms with van der Waals surface area (Å²) in [4.78, 5) is 13.1. The van der Waals surface area contributed by atoms with Gasteiger partial charge in [0, 0.05) is 6.54 Å². The topological polar surface area (TPSA) is 134 Å². The van der Waals surface area contributed by atoms with Crippen molar-refractivity contribution in [2.75, 3.05) is 10.6 Å². The lowest BCUT2D eigenvalue weighted by Gasteiger charge is -2.22. The summed E-state index contributed by atoms with van der Waals surface area (Å²) >= 11 is 0. The number of rotatable bonds is 5. The Kier molecular flexibility index (Phi) is 5.75. The van der Waals surface area contributed by atoms with Gasteiger partial charge >= 0.3 is 12.4 Å². The van der Waals surface area contributed by atoms with Gasteiger partial charge in [0.1, 0.15) is 5.82 Å². The van der Waals surface area contributed by atoms with Gasteiger partial charge in [0.15, 0.2) is 11.6 Å². The lowest BCUT2D eigenvalue weighted by Crippen LogP contribution is -2.32. The van der Waals surface area contributed by atoms with E-state index in [1.807, 2.05) is 0 Å². The van der Waals surface area contributed by atoms with Crippen molar-refractivity contribution < 1.29 is 31.6 Å². The first kappa shape index (κ1) is 22.9. The summed E-state index contributed by atoms with van der Waals surface area (Å²) in [5, 5.41) is 3.66. The zero-order valence-electron chi connectivity index (χ0n) is 17.3. The fourth-order valence-electron chi connectivity index (χ4n) is 3.53. The van der Waals surface area contributed by atoms with E-state index in [9.17, 15) is 22.4 Å². The van der Waals surface area contributed by atoms with E-state index in [1.54, 1.807) is 12.1 Å². The van der Waals surface area contributed by atoms with Crippen molar-refractivity contribution >= 4 is 34.2 Å². The fourth-order valence-corrected chi connectivity index (χ4v) is 3.53. The molecule has 2 amide bonds. The number of alkyl halides is 3. The van der Waals surface area contributed by atoms with E-state index >= 15 is 0 Å². The number of ether oxygens (including phenoxy) is 1. The SMILES string of the molecule is NCc1ccc(F)c(N(C(N)=O)c2ccc(-c3ccc(OC(F)(F)F)c4onc(N)c34)cc2)c1. The molecule has 12 heteroatoms. The van der Waals surface area contributed by atoms with E-state index in [1.165, 1.54) is 36.4 Å². The number of halogens is 4. The molecular weight excluding hydrogens is 458 g/mol. The van der Waals surface area contributed by atoms with E-state index in [0.717, 1.165) is 11.0 Å². The molecule has 176 valence electrons. The van der Waals surface area contributed by atoms with Crippen molar-refractivity contribution in [1.29, 1.82) is 0 Å². The summed E-state index contributed by atoms with van der Waals surface area (Å²) in [5.74, 6) is -1.41. The van der Waals surface area contributed by atoms with Crippen LogP contribution in [0.5, 0.6) is 5.75 Å². The Morgan fingerprint density at radius 1 is 1.09 bits per heavy atom. The van der Waals surface area contributed by atoms with E-state index < -0.39 is 24.0 Å². The monoisotopic (exact) mass is 475 g/mol. The third kappa shape index (κ3) is 4.30. The minimum atomic E-state index is -4.94. The Bertz CT molecular complexity index is 1370. The first-order valence-electron chi connectivity index (χ1n) is 9.71. The van der Waals surface area contributed by atoms with Crippen molar-refractivity contribution in [2.45, 2.75) is 12.9 Å². The number of primary amides is 1. The van der Waals surface area contributed by atoms with E-state index in [0.29, 0.717) is 16.7 Å². The average molecular weight is 475 g/mol. The molecule has 0 bridgehead atoms. The molecule has 4 aromatic rings. The predicted molar refractivity (Wildman–Crippen MR) is 117 cm³/mol. The Hall–Kier alpha value is -4.32. The van der Waals surface area contributed by atoms with Gasteiger partial charge in [0.2, 0.25) is 5.58 Å². The summed E-state index contributed by atoms with van der Waals surface area (Å²) in [5.41, 5.74) is 18.3. The molecule has 0 atom stereocenters. The van der Waals surface area contributed by atoms with Gasteiger partial charge in [-0.25, -0.2) is 9.18 Å². The number of aromatic nitrogens is 1. The smallest absolute Gasteiger partial charge is 0.402 e. The Morgan fingerprint density at radius 2 is 1.79 bits per heavy atom. The number of hydrogen-bond acceptors (Lipinski definition) is 6. The highest BCUT2D eigenvalue weighted by molar-refractivity contribution is 6.04. The van der Waals surface area contributed by atoms with Crippen LogP contribution >= 0.6 is 0 Å². The number of urea groups is 1. The third-order valence-corrected chi connectivity index (χ3v) is 4.98. The summed E-state index contributed by atoms with van der Waals surface area (Å²) < 4.78 is 61.5. The second-order valence-corrected chi connectivity index (χ2v) is 7.14. The highest BCUT2D eigenvalue weighted by Crippen LogP contribution is 2.40. The van der Waals surface area contributed by atoms with Gasteiger partial charge in [-0.1, -0.05) is 23.4 Å². The van der Waals surface area contributed by atoms with E-state index in [-0.39, 0.29) is 34.7 Å². The highest BCUT2D eigenvalue weighted by Gasteiger charge is 2.33. The molecule has 1 aromatic heterocycles. The maximum absolute atomic E-state index is 14.5. The molecule has 6 N–H and O–H groups in total. The largest absolute Gasteiger partial charge is 0.573 e. The summed E-state index contributed by atoms with van der Waals surface area (Å²) in [7, 11) is 0. The molecule has 0 aliphatic carbocycles. The number of anilines is 3. The molecule has 8 nitrogen and oxygen atoms in total. The maximum Gasteiger partial charge on any atom is 0.573 e. The van der Waals surface area contributed by atoms with Gasteiger partial charge in [-0.3, -0.25) is 4.90 Å². The molecule has 3 aromatic carbocycles. The zero-order chi connectivity index (χ0) is 24.6. The number of carbonyl (C=O) groups is 1. The van der Waals surface area contributed by atoms with E-state index in [4.69, 9.17) is 21.7 Å². The van der Waals surface area contributed by atoms with Gasteiger partial charge in [0.05, 0.1) is 16.8 Å². The minimum absolute atomic E-state index is 0.0810. The highest BCUT2D eigenvalue weighted by atomic mass is 19.4. The Morgan fingerprint density at radius 3 is 2.41 bits per heavy atom. The van der Waals surface area contributed by atoms with Crippen molar-refractivity contribution in [3.8, 4) is 16.9 Å². The van der Waals surface area contributed by atoms with Crippen molar-refractivity contribution in [1.82, 2.24) is 5.16 Å². The van der Waals surface area contributed by atoms with Gasteiger partial charge in [-0.05, 0) is 53.1 Å². The third-order valence-electron chi connectivity index (χ3n) is 4.98. The number of hydrogen-bond donors (Lipinski definition) is 3. The quantitative estimate of drug-likeness (QED) is 0.356. The molecule has 0 saturated carbocycles. The van der Waals surface area contributed by atoms with Crippen LogP contribution in [0.3, 0.4) is 0 Å². The number of fused-ring (bicyclic) bond motifs is 1. The standard InChI is InChI=1S/C22H17F4N5O3/c23-15-7-1-11(10-27)9-16(15)31(21(29)32)13-4-2-12(3-5-13)14-6-8-17(33-22(24,25)26)19-18(14)20(28)30-34-19/h1-9H,10,27H2,(H2,28,30)(H2,29,32). The Labute approximate surface area is 189 Å². The van der Waals surface area contributed by atoms with Crippen LogP contribution in [0.1, 0.15) is 5.56 Å². The van der Waals surface area contributed by atoms with Gasteiger partial charge in [-0.15, -0.1) is 13.2 Å². The fraction of sp³-hybridized carbons (Fsp3) is 0.0909. The molecule has 4 rings (SSSR count).